The summed E-state index contributed by atoms with van der Waals surface area (Å²) in [6.07, 6.45) is 9.75. The van der Waals surface area contributed by atoms with Crippen LogP contribution in [0.25, 0.3) is 0 Å². The molecule has 0 bridgehead atoms. The van der Waals surface area contributed by atoms with Crippen LogP contribution in [0.15, 0.2) is 0 Å². The van der Waals surface area contributed by atoms with E-state index in [1.165, 1.54) is 51.6 Å². The van der Waals surface area contributed by atoms with E-state index in [2.05, 4.69) is 32.8 Å². The first-order valence-electron chi connectivity index (χ1n) is 8.86. The van der Waals surface area contributed by atoms with Crippen LogP contribution >= 0.6 is 22.6 Å². The molecule has 3 saturated heterocycles. The molecule has 0 aromatic rings. The zero-order chi connectivity index (χ0) is 15.8. The Hall–Kier alpha value is 0.120. The predicted molar refractivity (Wildman–Crippen MR) is 98.5 cm³/mol. The number of rotatable bonds is 3. The number of nitrogens with zero attached hydrogens (tertiary/aromatic N) is 1. The van der Waals surface area contributed by atoms with Gasteiger partial charge in [-0.25, -0.2) is 0 Å². The molecule has 3 aliphatic heterocycles. The first kappa shape index (κ1) is 18.5. The van der Waals surface area contributed by atoms with E-state index in [0.29, 0.717) is 18.6 Å². The first-order chi connectivity index (χ1) is 10.8. The van der Waals surface area contributed by atoms with Crippen molar-refractivity contribution < 1.29 is 9.53 Å². The van der Waals surface area contributed by atoms with Crippen LogP contribution in [-0.2, 0) is 9.53 Å². The number of ether oxygens (including phenoxy) is 1. The van der Waals surface area contributed by atoms with Gasteiger partial charge in [-0.2, -0.15) is 0 Å². The predicted octanol–water partition coefficient (Wildman–Crippen LogP) is 2.99. The van der Waals surface area contributed by atoms with E-state index in [9.17, 15) is 4.79 Å². The highest BCUT2D eigenvalue weighted by molar-refractivity contribution is 14.1. The second kappa shape index (κ2) is 10.1. The Bertz CT molecular complexity index is 333. The number of alkyl halides is 1. The van der Waals surface area contributed by atoms with Gasteiger partial charge in [0.15, 0.2) is 0 Å². The summed E-state index contributed by atoms with van der Waals surface area (Å²) in [6.45, 7) is 4.09. The maximum Gasteiger partial charge on any atom is 0.323 e. The minimum Gasteiger partial charge on any atom is -0.464 e. The molecule has 3 heterocycles. The molecule has 3 fully saturated rings. The van der Waals surface area contributed by atoms with E-state index in [1.807, 2.05) is 4.93 Å². The monoisotopic (exact) mass is 422 g/mol. The molecule has 3 atom stereocenters. The third-order valence-corrected chi connectivity index (χ3v) is 5.26. The molecular weight excluding hydrogens is 391 g/mol. The Morgan fingerprint density at radius 1 is 1.09 bits per heavy atom. The van der Waals surface area contributed by atoms with Crippen molar-refractivity contribution >= 4 is 28.6 Å². The number of piperidine rings is 3. The van der Waals surface area contributed by atoms with Gasteiger partial charge < -0.3 is 10.1 Å². The van der Waals surface area contributed by atoms with Gasteiger partial charge >= 0.3 is 5.97 Å². The van der Waals surface area contributed by atoms with Crippen LogP contribution in [0, 0.1) is 5.92 Å². The minimum absolute atomic E-state index is 0.0161. The van der Waals surface area contributed by atoms with Gasteiger partial charge in [0.2, 0.25) is 0 Å². The highest BCUT2D eigenvalue weighted by atomic mass is 127. The van der Waals surface area contributed by atoms with Crippen molar-refractivity contribution in [1.29, 1.82) is 0 Å². The molecule has 3 aliphatic rings. The fourth-order valence-electron chi connectivity index (χ4n) is 4.11. The lowest BCUT2D eigenvalue weighted by atomic mass is 9.84. The number of nitrogens with one attached hydrogen (secondary N) is 1. The molecule has 5 heteroatoms. The summed E-state index contributed by atoms with van der Waals surface area (Å²) >= 11 is 2.15. The molecule has 0 spiro atoms. The summed E-state index contributed by atoms with van der Waals surface area (Å²) in [7, 11) is 0. The molecule has 0 aromatic heterocycles. The zero-order valence-corrected chi connectivity index (χ0v) is 16.0. The second-order valence-corrected chi connectivity index (χ2v) is 6.63. The SMILES string of the molecule is CI.O=C(OCC1CCCN2CCCCC12)C1CCCCN1. The van der Waals surface area contributed by atoms with Gasteiger partial charge in [0.05, 0.1) is 6.61 Å². The third-order valence-electron chi connectivity index (χ3n) is 5.26. The normalized spacial score (nSPS) is 32.4. The molecule has 0 aliphatic carbocycles. The van der Waals surface area contributed by atoms with Crippen LogP contribution in [0.4, 0.5) is 0 Å². The van der Waals surface area contributed by atoms with Crippen molar-refractivity contribution in [1.82, 2.24) is 10.2 Å². The maximum atomic E-state index is 12.1. The summed E-state index contributed by atoms with van der Waals surface area (Å²) in [5.41, 5.74) is 0. The van der Waals surface area contributed by atoms with E-state index in [1.54, 1.807) is 0 Å². The van der Waals surface area contributed by atoms with Crippen molar-refractivity contribution in [3.05, 3.63) is 0 Å². The molecule has 1 N–H and O–H groups in total. The average molecular weight is 422 g/mol. The standard InChI is InChI=1S/C16H28N2O2.CH3I/c19-16(14-7-1-3-9-17-14)20-12-13-6-5-11-18-10-4-2-8-15(13)18;1-2/h13-15,17H,1-12H2;1H3. The lowest BCUT2D eigenvalue weighted by Gasteiger charge is -2.44. The first-order valence-corrected chi connectivity index (χ1v) is 11.0. The third kappa shape index (κ3) is 5.06. The van der Waals surface area contributed by atoms with Crippen LogP contribution in [0.3, 0.4) is 0 Å². The number of halogens is 1. The Labute approximate surface area is 148 Å². The summed E-state index contributed by atoms with van der Waals surface area (Å²) in [5.74, 6) is 0.550. The fourth-order valence-corrected chi connectivity index (χ4v) is 4.11. The second-order valence-electron chi connectivity index (χ2n) is 6.63. The summed E-state index contributed by atoms with van der Waals surface area (Å²) in [6, 6.07) is 0.624. The summed E-state index contributed by atoms with van der Waals surface area (Å²) < 4.78 is 5.64. The minimum atomic E-state index is -0.0465. The van der Waals surface area contributed by atoms with Gasteiger partial charge in [-0.3, -0.25) is 9.69 Å². The molecule has 4 nitrogen and oxygen atoms in total. The molecule has 0 aromatic carbocycles. The van der Waals surface area contributed by atoms with Gasteiger partial charge in [-0.1, -0.05) is 35.4 Å². The van der Waals surface area contributed by atoms with Crippen molar-refractivity contribution in [3.63, 3.8) is 0 Å². The van der Waals surface area contributed by atoms with Crippen LogP contribution < -0.4 is 5.32 Å². The number of hydrogen-bond donors (Lipinski definition) is 1. The topological polar surface area (TPSA) is 41.6 Å². The van der Waals surface area contributed by atoms with Gasteiger partial charge in [0.1, 0.15) is 6.04 Å². The molecule has 0 amide bonds. The van der Waals surface area contributed by atoms with E-state index in [4.69, 9.17) is 4.74 Å². The lowest BCUT2D eigenvalue weighted by Crippen LogP contribution is -2.50. The number of carbonyl (C=O) groups is 1. The zero-order valence-electron chi connectivity index (χ0n) is 13.9. The van der Waals surface area contributed by atoms with Crippen molar-refractivity contribution in [2.75, 3.05) is 31.2 Å². The smallest absolute Gasteiger partial charge is 0.323 e. The van der Waals surface area contributed by atoms with Crippen LogP contribution in [-0.4, -0.2) is 54.1 Å². The number of carbonyl (C=O) groups excluding carboxylic acids is 1. The van der Waals surface area contributed by atoms with Crippen LogP contribution in [0.1, 0.15) is 51.4 Å². The highest BCUT2D eigenvalue weighted by Crippen LogP contribution is 2.31. The number of esters is 1. The Morgan fingerprint density at radius 3 is 2.64 bits per heavy atom. The summed E-state index contributed by atoms with van der Waals surface area (Å²) in [4.78, 5) is 16.7. The Morgan fingerprint density at radius 2 is 1.86 bits per heavy atom. The Kier molecular flexibility index (Phi) is 8.46. The summed E-state index contributed by atoms with van der Waals surface area (Å²) in [5, 5.41) is 3.28. The molecule has 22 heavy (non-hydrogen) atoms. The maximum absolute atomic E-state index is 12.1. The lowest BCUT2D eigenvalue weighted by molar-refractivity contribution is -0.149. The molecule has 3 rings (SSSR count). The van der Waals surface area contributed by atoms with Gasteiger partial charge in [-0.15, -0.1) is 0 Å². The fraction of sp³-hybridized carbons (Fsp3) is 0.941. The highest BCUT2D eigenvalue weighted by Gasteiger charge is 2.34. The Balaban J connectivity index is 0.000000847. The van der Waals surface area contributed by atoms with E-state index in [0.717, 1.165) is 19.4 Å². The number of hydrogen-bond acceptors (Lipinski definition) is 4. The largest absolute Gasteiger partial charge is 0.464 e. The van der Waals surface area contributed by atoms with E-state index in [-0.39, 0.29) is 12.0 Å². The van der Waals surface area contributed by atoms with Crippen LogP contribution in [0.5, 0.6) is 0 Å². The molecular formula is C17H31IN2O2. The van der Waals surface area contributed by atoms with Gasteiger partial charge in [-0.05, 0) is 63.1 Å². The van der Waals surface area contributed by atoms with Gasteiger partial charge in [0.25, 0.3) is 0 Å². The molecule has 0 radical (unpaired) electrons. The van der Waals surface area contributed by atoms with Gasteiger partial charge in [0, 0.05) is 12.0 Å². The van der Waals surface area contributed by atoms with E-state index >= 15 is 0 Å². The molecule has 0 saturated carbocycles. The van der Waals surface area contributed by atoms with Crippen molar-refractivity contribution in [2.45, 2.75) is 63.5 Å². The molecule has 3 unspecified atom stereocenters. The number of fused-ring (bicyclic) bond motifs is 1. The van der Waals surface area contributed by atoms with Crippen molar-refractivity contribution in [3.8, 4) is 0 Å². The average Bonchev–Trinajstić information content (AvgIpc) is 2.62. The van der Waals surface area contributed by atoms with E-state index < -0.39 is 0 Å². The van der Waals surface area contributed by atoms with Crippen molar-refractivity contribution in [2.24, 2.45) is 5.92 Å². The van der Waals surface area contributed by atoms with Crippen LogP contribution in [0.2, 0.25) is 0 Å². The quantitative estimate of drug-likeness (QED) is 0.432. The molecule has 128 valence electrons.